The van der Waals surface area contributed by atoms with Crippen LogP contribution in [0.5, 0.6) is 5.75 Å². The number of hydrogen-bond donors (Lipinski definition) is 0. The summed E-state index contributed by atoms with van der Waals surface area (Å²) in [5.41, 5.74) is 0.731. The molecule has 19 heavy (non-hydrogen) atoms. The molecule has 3 nitrogen and oxygen atoms in total. The Hall–Kier alpha value is -1.22. The lowest BCUT2D eigenvalue weighted by Gasteiger charge is -2.16. The average Bonchev–Trinajstić information content (AvgIpc) is 2.88. The largest absolute Gasteiger partial charge is 0.494 e. The second-order valence-corrected chi connectivity index (χ2v) is 5.22. The number of benzene rings is 1. The molecule has 1 amide bonds. The fourth-order valence-electron chi connectivity index (χ4n) is 2.45. The topological polar surface area (TPSA) is 29.5 Å². The molecule has 1 aliphatic heterocycles. The van der Waals surface area contributed by atoms with Gasteiger partial charge in [-0.05, 0) is 49.9 Å². The summed E-state index contributed by atoms with van der Waals surface area (Å²) in [4.78, 5) is 14.2. The van der Waals surface area contributed by atoms with Crippen LogP contribution >= 0.6 is 11.6 Å². The Morgan fingerprint density at radius 2 is 2.16 bits per heavy atom. The maximum atomic E-state index is 12.3. The molecule has 1 saturated heterocycles. The maximum absolute atomic E-state index is 12.3. The highest BCUT2D eigenvalue weighted by molar-refractivity contribution is 6.17. The lowest BCUT2D eigenvalue weighted by Crippen LogP contribution is -2.28. The first-order valence-corrected chi connectivity index (χ1v) is 7.36. The van der Waals surface area contributed by atoms with E-state index >= 15 is 0 Å². The zero-order valence-electron chi connectivity index (χ0n) is 11.3. The molecule has 1 aromatic carbocycles. The first-order valence-electron chi connectivity index (χ1n) is 6.82. The third kappa shape index (κ3) is 3.63. The van der Waals surface area contributed by atoms with E-state index in [0.717, 1.165) is 37.2 Å². The van der Waals surface area contributed by atoms with Crippen molar-refractivity contribution in [2.24, 2.45) is 5.92 Å². The molecular weight excluding hydrogens is 262 g/mol. The Labute approximate surface area is 119 Å². The van der Waals surface area contributed by atoms with E-state index < -0.39 is 0 Å². The van der Waals surface area contributed by atoms with Gasteiger partial charge in [0, 0.05) is 24.5 Å². The summed E-state index contributed by atoms with van der Waals surface area (Å²) in [6.07, 6.45) is 2.06. The summed E-state index contributed by atoms with van der Waals surface area (Å²) in [5.74, 6) is 2.15. The summed E-state index contributed by atoms with van der Waals surface area (Å²) in [6.45, 7) is 4.26. The number of amides is 1. The van der Waals surface area contributed by atoms with Gasteiger partial charge in [-0.3, -0.25) is 4.79 Å². The van der Waals surface area contributed by atoms with Crippen LogP contribution in [0.2, 0.25) is 0 Å². The van der Waals surface area contributed by atoms with Gasteiger partial charge >= 0.3 is 0 Å². The van der Waals surface area contributed by atoms with Gasteiger partial charge in [0.2, 0.25) is 0 Å². The fourth-order valence-corrected chi connectivity index (χ4v) is 2.76. The SMILES string of the molecule is CCOc1ccc(C(=O)N2CCC(CCCl)C2)cc1. The first kappa shape index (κ1) is 14.2. The van der Waals surface area contributed by atoms with Crippen LogP contribution in [0.3, 0.4) is 0 Å². The summed E-state index contributed by atoms with van der Waals surface area (Å²) in [5, 5.41) is 0. The van der Waals surface area contributed by atoms with Gasteiger partial charge in [0.1, 0.15) is 5.75 Å². The highest BCUT2D eigenvalue weighted by Gasteiger charge is 2.26. The van der Waals surface area contributed by atoms with Gasteiger partial charge in [-0.15, -0.1) is 11.6 Å². The molecule has 0 aliphatic carbocycles. The number of carbonyl (C=O) groups excluding carboxylic acids is 1. The van der Waals surface area contributed by atoms with Crippen LogP contribution < -0.4 is 4.74 Å². The summed E-state index contributed by atoms with van der Waals surface area (Å²) >= 11 is 5.76. The number of likely N-dealkylation sites (tertiary alicyclic amines) is 1. The van der Waals surface area contributed by atoms with Gasteiger partial charge in [-0.1, -0.05) is 0 Å². The predicted octanol–water partition coefficient (Wildman–Crippen LogP) is 3.18. The molecule has 1 aromatic rings. The quantitative estimate of drug-likeness (QED) is 0.776. The van der Waals surface area contributed by atoms with Crippen LogP contribution in [0, 0.1) is 5.92 Å². The van der Waals surface area contributed by atoms with Gasteiger partial charge < -0.3 is 9.64 Å². The molecule has 104 valence electrons. The molecule has 1 aliphatic rings. The lowest BCUT2D eigenvalue weighted by molar-refractivity contribution is 0.0787. The van der Waals surface area contributed by atoms with E-state index in [1.165, 1.54) is 0 Å². The third-order valence-electron chi connectivity index (χ3n) is 3.50. The van der Waals surface area contributed by atoms with Crippen molar-refractivity contribution >= 4 is 17.5 Å². The molecule has 0 aromatic heterocycles. The molecule has 2 rings (SSSR count). The molecule has 0 radical (unpaired) electrons. The van der Waals surface area contributed by atoms with Crippen LogP contribution in [-0.2, 0) is 0 Å². The van der Waals surface area contributed by atoms with E-state index in [1.54, 1.807) is 0 Å². The Morgan fingerprint density at radius 3 is 2.79 bits per heavy atom. The Morgan fingerprint density at radius 1 is 1.42 bits per heavy atom. The predicted molar refractivity (Wildman–Crippen MR) is 77.0 cm³/mol. The van der Waals surface area contributed by atoms with Crippen molar-refractivity contribution in [3.63, 3.8) is 0 Å². The number of ether oxygens (including phenoxy) is 1. The second-order valence-electron chi connectivity index (χ2n) is 4.84. The van der Waals surface area contributed by atoms with Crippen LogP contribution in [0.4, 0.5) is 0 Å². The normalized spacial score (nSPS) is 18.6. The number of halogens is 1. The van der Waals surface area contributed by atoms with Gasteiger partial charge in [-0.25, -0.2) is 0 Å². The van der Waals surface area contributed by atoms with E-state index in [-0.39, 0.29) is 5.91 Å². The molecule has 0 spiro atoms. The van der Waals surface area contributed by atoms with Crippen molar-refractivity contribution in [2.75, 3.05) is 25.6 Å². The maximum Gasteiger partial charge on any atom is 0.253 e. The third-order valence-corrected chi connectivity index (χ3v) is 3.72. The molecule has 0 saturated carbocycles. The minimum atomic E-state index is 0.111. The Kier molecular flexibility index (Phi) is 5.08. The molecule has 1 heterocycles. The van der Waals surface area contributed by atoms with Crippen molar-refractivity contribution in [3.8, 4) is 5.75 Å². The van der Waals surface area contributed by atoms with Crippen molar-refractivity contribution in [3.05, 3.63) is 29.8 Å². The summed E-state index contributed by atoms with van der Waals surface area (Å²) in [7, 11) is 0. The van der Waals surface area contributed by atoms with Crippen LogP contribution in [-0.4, -0.2) is 36.4 Å². The molecule has 0 bridgehead atoms. The van der Waals surface area contributed by atoms with Gasteiger partial charge in [0.25, 0.3) is 5.91 Å². The van der Waals surface area contributed by atoms with E-state index in [1.807, 2.05) is 36.1 Å². The molecular formula is C15H20ClNO2. The highest BCUT2D eigenvalue weighted by Crippen LogP contribution is 2.22. The van der Waals surface area contributed by atoms with Crippen LogP contribution in [0.1, 0.15) is 30.1 Å². The summed E-state index contributed by atoms with van der Waals surface area (Å²) < 4.78 is 5.38. The fraction of sp³-hybridized carbons (Fsp3) is 0.533. The van der Waals surface area contributed by atoms with Gasteiger partial charge in [0.05, 0.1) is 6.61 Å². The van der Waals surface area contributed by atoms with Crippen LogP contribution in [0.15, 0.2) is 24.3 Å². The van der Waals surface area contributed by atoms with Crippen LogP contribution in [0.25, 0.3) is 0 Å². The van der Waals surface area contributed by atoms with Gasteiger partial charge in [0.15, 0.2) is 0 Å². The van der Waals surface area contributed by atoms with Crippen molar-refractivity contribution in [1.82, 2.24) is 4.90 Å². The summed E-state index contributed by atoms with van der Waals surface area (Å²) in [6, 6.07) is 7.37. The molecule has 1 atom stereocenters. The lowest BCUT2D eigenvalue weighted by atomic mass is 10.1. The Balaban J connectivity index is 1.96. The number of nitrogens with zero attached hydrogens (tertiary/aromatic N) is 1. The number of carbonyl (C=O) groups is 1. The minimum absolute atomic E-state index is 0.111. The Bertz CT molecular complexity index is 419. The van der Waals surface area contributed by atoms with Crippen molar-refractivity contribution in [2.45, 2.75) is 19.8 Å². The molecule has 0 N–H and O–H groups in total. The van der Waals surface area contributed by atoms with Crippen molar-refractivity contribution < 1.29 is 9.53 Å². The van der Waals surface area contributed by atoms with Crippen molar-refractivity contribution in [1.29, 1.82) is 0 Å². The van der Waals surface area contributed by atoms with Gasteiger partial charge in [-0.2, -0.15) is 0 Å². The van der Waals surface area contributed by atoms with E-state index in [9.17, 15) is 4.79 Å². The molecule has 1 unspecified atom stereocenters. The number of hydrogen-bond acceptors (Lipinski definition) is 2. The number of rotatable bonds is 5. The van der Waals surface area contributed by atoms with E-state index in [2.05, 4.69) is 0 Å². The smallest absolute Gasteiger partial charge is 0.253 e. The number of alkyl halides is 1. The molecule has 1 fully saturated rings. The standard InChI is InChI=1S/C15H20ClNO2/c1-2-19-14-5-3-13(4-6-14)15(18)17-10-8-12(11-17)7-9-16/h3-6,12H,2,7-11H2,1H3. The monoisotopic (exact) mass is 281 g/mol. The first-order chi connectivity index (χ1) is 9.24. The second kappa shape index (κ2) is 6.80. The average molecular weight is 282 g/mol. The molecule has 4 heteroatoms. The zero-order chi connectivity index (χ0) is 13.7. The van der Waals surface area contributed by atoms with E-state index in [4.69, 9.17) is 16.3 Å². The zero-order valence-corrected chi connectivity index (χ0v) is 12.0. The minimum Gasteiger partial charge on any atom is -0.494 e. The highest BCUT2D eigenvalue weighted by atomic mass is 35.5. The van der Waals surface area contributed by atoms with E-state index in [0.29, 0.717) is 18.4 Å².